The summed E-state index contributed by atoms with van der Waals surface area (Å²) in [4.78, 5) is 24.3. The highest BCUT2D eigenvalue weighted by atomic mass is 16.3. The van der Waals surface area contributed by atoms with Crippen molar-refractivity contribution in [2.75, 3.05) is 13.7 Å². The molecular formula is C25H40O5. The highest BCUT2D eigenvalue weighted by molar-refractivity contribution is 6.01. The first-order valence-corrected chi connectivity index (χ1v) is 11.4. The highest BCUT2D eigenvalue weighted by Crippen LogP contribution is 2.66. The van der Waals surface area contributed by atoms with Crippen molar-refractivity contribution in [3.05, 3.63) is 23.8 Å². The van der Waals surface area contributed by atoms with Crippen LogP contribution in [0.25, 0.3) is 0 Å². The lowest BCUT2D eigenvalue weighted by atomic mass is 9.45. The third-order valence-corrected chi connectivity index (χ3v) is 8.36. The van der Waals surface area contributed by atoms with Crippen molar-refractivity contribution in [2.45, 2.75) is 66.4 Å². The number of ketones is 2. The summed E-state index contributed by atoms with van der Waals surface area (Å²) in [7, 11) is 1.00. The molecular weight excluding hydrogens is 380 g/mol. The maximum absolute atomic E-state index is 12.3. The largest absolute Gasteiger partial charge is 0.400 e. The highest BCUT2D eigenvalue weighted by Gasteiger charge is 2.63. The summed E-state index contributed by atoms with van der Waals surface area (Å²) in [5.41, 5.74) is 0.650. The van der Waals surface area contributed by atoms with E-state index in [4.69, 9.17) is 5.11 Å². The van der Waals surface area contributed by atoms with Gasteiger partial charge in [0.15, 0.2) is 11.6 Å². The third kappa shape index (κ3) is 3.74. The fourth-order valence-corrected chi connectivity index (χ4v) is 7.39. The van der Waals surface area contributed by atoms with E-state index in [9.17, 15) is 19.8 Å². The zero-order valence-corrected chi connectivity index (χ0v) is 19.4. The van der Waals surface area contributed by atoms with Gasteiger partial charge in [0.1, 0.15) is 6.61 Å². The Morgan fingerprint density at radius 3 is 2.43 bits per heavy atom. The van der Waals surface area contributed by atoms with E-state index < -0.39 is 12.7 Å². The van der Waals surface area contributed by atoms with Crippen LogP contribution in [0.2, 0.25) is 0 Å². The quantitative estimate of drug-likeness (QED) is 0.637. The first-order valence-electron chi connectivity index (χ1n) is 11.4. The Kier molecular flexibility index (Phi) is 7.87. The van der Waals surface area contributed by atoms with Gasteiger partial charge in [-0.25, -0.2) is 0 Å². The summed E-state index contributed by atoms with van der Waals surface area (Å²) in [5.74, 6) is 0.967. The zero-order chi connectivity index (χ0) is 22.9. The molecule has 3 saturated carbocycles. The van der Waals surface area contributed by atoms with E-state index in [1.165, 1.54) is 0 Å². The van der Waals surface area contributed by atoms with Crippen LogP contribution in [0.1, 0.15) is 60.3 Å². The molecule has 0 aliphatic heterocycles. The molecule has 170 valence electrons. The second-order valence-electron chi connectivity index (χ2n) is 9.58. The van der Waals surface area contributed by atoms with E-state index in [2.05, 4.69) is 20.8 Å². The van der Waals surface area contributed by atoms with Crippen LogP contribution in [0, 0.1) is 40.4 Å². The number of carbonyl (C=O) groups is 2. The minimum Gasteiger partial charge on any atom is -0.400 e. The van der Waals surface area contributed by atoms with Gasteiger partial charge >= 0.3 is 0 Å². The Morgan fingerprint density at radius 2 is 1.83 bits per heavy atom. The Labute approximate surface area is 181 Å². The molecule has 8 atom stereocenters. The molecule has 5 nitrogen and oxygen atoms in total. The average Bonchev–Trinajstić information content (AvgIpc) is 3.08. The van der Waals surface area contributed by atoms with Gasteiger partial charge in [-0.3, -0.25) is 9.59 Å². The third-order valence-electron chi connectivity index (χ3n) is 8.36. The molecule has 0 heterocycles. The molecule has 0 aromatic rings. The van der Waals surface area contributed by atoms with Gasteiger partial charge in [-0.15, -0.1) is 0 Å². The van der Waals surface area contributed by atoms with Gasteiger partial charge in [0, 0.05) is 24.4 Å². The molecule has 5 unspecified atom stereocenters. The van der Waals surface area contributed by atoms with E-state index in [1.807, 2.05) is 19.9 Å². The minimum atomic E-state index is -0.493. The molecule has 0 aromatic heterocycles. The summed E-state index contributed by atoms with van der Waals surface area (Å²) in [6.45, 7) is 10.1. The first kappa shape index (κ1) is 25.0. The van der Waals surface area contributed by atoms with Gasteiger partial charge < -0.3 is 15.3 Å². The van der Waals surface area contributed by atoms with Crippen LogP contribution in [0.3, 0.4) is 0 Å². The number of fused-ring (bicyclic) bond motifs is 5. The molecule has 4 rings (SSSR count). The number of aliphatic hydroxyl groups excluding tert-OH is 3. The topological polar surface area (TPSA) is 94.8 Å². The van der Waals surface area contributed by atoms with E-state index in [0.29, 0.717) is 24.2 Å². The Morgan fingerprint density at radius 1 is 1.20 bits per heavy atom. The van der Waals surface area contributed by atoms with Crippen LogP contribution in [-0.4, -0.2) is 46.7 Å². The number of hydrogen-bond acceptors (Lipinski definition) is 5. The monoisotopic (exact) mass is 420 g/mol. The molecule has 0 saturated heterocycles. The normalized spacial score (nSPS) is 43.6. The summed E-state index contributed by atoms with van der Waals surface area (Å²) < 4.78 is 0. The fraction of sp³-hybridized carbons (Fsp3) is 0.760. The van der Waals surface area contributed by atoms with Gasteiger partial charge in [-0.05, 0) is 61.0 Å². The van der Waals surface area contributed by atoms with Crippen molar-refractivity contribution in [2.24, 2.45) is 40.4 Å². The lowest BCUT2D eigenvalue weighted by molar-refractivity contribution is -0.143. The molecule has 5 heteroatoms. The van der Waals surface area contributed by atoms with Gasteiger partial charge in [0.25, 0.3) is 0 Å². The number of Topliss-reactive ketones (excluding diaryl/α,β-unsaturated/α-hetero) is 1. The van der Waals surface area contributed by atoms with E-state index in [1.54, 1.807) is 12.2 Å². The summed E-state index contributed by atoms with van der Waals surface area (Å²) in [6, 6.07) is 0. The van der Waals surface area contributed by atoms with Gasteiger partial charge in [0.05, 0.1) is 6.10 Å². The van der Waals surface area contributed by atoms with Gasteiger partial charge in [0.2, 0.25) is 0 Å². The summed E-state index contributed by atoms with van der Waals surface area (Å²) in [5, 5.41) is 27.6. The zero-order valence-electron chi connectivity index (χ0n) is 19.4. The fourth-order valence-electron chi connectivity index (χ4n) is 7.39. The second kappa shape index (κ2) is 9.46. The molecule has 0 bridgehead atoms. The molecule has 0 amide bonds. The number of hydrogen-bond donors (Lipinski definition) is 3. The van der Waals surface area contributed by atoms with Crippen LogP contribution < -0.4 is 0 Å². The van der Waals surface area contributed by atoms with Crippen LogP contribution in [0.15, 0.2) is 23.8 Å². The van der Waals surface area contributed by atoms with Crippen LogP contribution in [-0.2, 0) is 9.59 Å². The lowest BCUT2D eigenvalue weighted by Crippen LogP contribution is -2.57. The second-order valence-corrected chi connectivity index (χ2v) is 9.58. The lowest BCUT2D eigenvalue weighted by Gasteiger charge is -2.60. The molecule has 0 radical (unpaired) electrons. The summed E-state index contributed by atoms with van der Waals surface area (Å²) >= 11 is 0. The minimum absolute atomic E-state index is 0.0485. The summed E-state index contributed by atoms with van der Waals surface area (Å²) in [6.07, 6.45) is 8.35. The Hall–Kier alpha value is -1.30. The molecule has 4 aliphatic carbocycles. The van der Waals surface area contributed by atoms with Crippen LogP contribution >= 0.6 is 0 Å². The smallest absolute Gasteiger partial charge is 0.178 e. The van der Waals surface area contributed by atoms with Gasteiger partial charge in [-0.2, -0.15) is 0 Å². The molecule has 3 N–H and O–H groups in total. The average molecular weight is 421 g/mol. The Balaban J connectivity index is 0.000000757. The molecule has 0 spiro atoms. The van der Waals surface area contributed by atoms with Crippen LogP contribution in [0.4, 0.5) is 0 Å². The maximum Gasteiger partial charge on any atom is 0.178 e. The van der Waals surface area contributed by atoms with E-state index >= 15 is 0 Å². The van der Waals surface area contributed by atoms with Crippen LogP contribution in [0.5, 0.6) is 0 Å². The molecule has 30 heavy (non-hydrogen) atoms. The first-order chi connectivity index (χ1) is 14.2. The number of carbonyl (C=O) groups excluding carboxylic acids is 2. The van der Waals surface area contributed by atoms with Crippen molar-refractivity contribution < 1.29 is 24.9 Å². The van der Waals surface area contributed by atoms with Crippen molar-refractivity contribution in [3.63, 3.8) is 0 Å². The standard InChI is InChI=1S/C22H30O4.C2H6.CH4O/c1-12-8-14-15-4-5-16(19(26)11-23)22(15,3)10-18(25)20(14)21(2)7-6-13(24)9-17(12)21;2*1-2/h6-7,9,12,14-16,18,20,23,25H,4-5,8,10-11H2,1-3H3;1-2H3;2H,1H3/t12-,14?,15-,16?,18?,20+,21?,22?;;/m0../s1. The SMILES string of the molecule is CC.CO.C[C@H]1CC2[C@H](C(O)CC3(C)C(C(=O)CO)CC[C@@H]23)C2(C)C=CC(=O)C=C12. The molecule has 3 fully saturated rings. The Bertz CT molecular complexity index is 710. The predicted molar refractivity (Wildman–Crippen MR) is 118 cm³/mol. The van der Waals surface area contributed by atoms with Crippen molar-refractivity contribution in [3.8, 4) is 0 Å². The predicted octanol–water partition coefficient (Wildman–Crippen LogP) is 3.32. The van der Waals surface area contributed by atoms with Crippen molar-refractivity contribution in [1.82, 2.24) is 0 Å². The number of aliphatic hydroxyl groups is 3. The maximum atomic E-state index is 12.3. The number of allylic oxidation sites excluding steroid dienone is 4. The molecule has 0 aromatic carbocycles. The number of rotatable bonds is 2. The molecule has 4 aliphatic rings. The van der Waals surface area contributed by atoms with E-state index in [0.717, 1.165) is 31.9 Å². The van der Waals surface area contributed by atoms with Crippen molar-refractivity contribution in [1.29, 1.82) is 0 Å². The van der Waals surface area contributed by atoms with E-state index in [-0.39, 0.29) is 34.2 Å². The van der Waals surface area contributed by atoms with Crippen molar-refractivity contribution >= 4 is 11.6 Å². The van der Waals surface area contributed by atoms with Gasteiger partial charge in [-0.1, -0.05) is 46.3 Å².